The highest BCUT2D eigenvalue weighted by Crippen LogP contribution is 2.54. The predicted octanol–water partition coefficient (Wildman–Crippen LogP) is 3.54. The first-order valence-electron chi connectivity index (χ1n) is 9.35. The second-order valence-electron chi connectivity index (χ2n) is 7.21. The topological polar surface area (TPSA) is 101 Å². The SMILES string of the molecule is CCCN1CC=C2C(C#N)=C(N)C(C#N)(C#N)C(c3ccc(SC)cc3)C2C1. The van der Waals surface area contributed by atoms with Gasteiger partial charge in [-0.25, -0.2) is 0 Å². The molecule has 2 aliphatic rings. The number of allylic oxidation sites excluding steroid dienone is 2. The van der Waals surface area contributed by atoms with E-state index in [4.69, 9.17) is 5.73 Å². The fourth-order valence-corrected chi connectivity index (χ4v) is 4.83. The van der Waals surface area contributed by atoms with E-state index in [2.05, 4.69) is 36.1 Å². The zero-order valence-corrected chi connectivity index (χ0v) is 17.0. The van der Waals surface area contributed by atoms with E-state index in [1.807, 2.05) is 30.5 Å². The molecule has 0 radical (unpaired) electrons. The lowest BCUT2D eigenvalue weighted by molar-refractivity contribution is 0.207. The summed E-state index contributed by atoms with van der Waals surface area (Å²) in [6.45, 7) is 4.53. The molecule has 2 atom stereocenters. The lowest BCUT2D eigenvalue weighted by atomic mass is 9.58. The summed E-state index contributed by atoms with van der Waals surface area (Å²) in [5, 5.41) is 29.9. The van der Waals surface area contributed by atoms with Crippen LogP contribution in [0.5, 0.6) is 0 Å². The number of nitrogens with zero attached hydrogens (tertiary/aromatic N) is 4. The Morgan fingerprint density at radius 3 is 2.43 bits per heavy atom. The van der Waals surface area contributed by atoms with Crippen molar-refractivity contribution in [1.29, 1.82) is 15.8 Å². The maximum absolute atomic E-state index is 10.1. The summed E-state index contributed by atoms with van der Waals surface area (Å²) in [6, 6.07) is 14.6. The first-order chi connectivity index (χ1) is 13.6. The van der Waals surface area contributed by atoms with Crippen LogP contribution in [0, 0.1) is 45.3 Å². The lowest BCUT2D eigenvalue weighted by Gasteiger charge is -2.45. The van der Waals surface area contributed by atoms with Crippen molar-refractivity contribution in [1.82, 2.24) is 4.90 Å². The van der Waals surface area contributed by atoms with Crippen LogP contribution in [0.2, 0.25) is 0 Å². The Kier molecular flexibility index (Phi) is 5.80. The van der Waals surface area contributed by atoms with Gasteiger partial charge in [-0.15, -0.1) is 11.8 Å². The van der Waals surface area contributed by atoms with Crippen molar-refractivity contribution in [3.8, 4) is 18.2 Å². The fourth-order valence-electron chi connectivity index (χ4n) is 4.43. The highest BCUT2D eigenvalue weighted by molar-refractivity contribution is 7.98. The molecular formula is C22H23N5S. The van der Waals surface area contributed by atoms with Crippen LogP contribution in [0.15, 0.2) is 52.1 Å². The van der Waals surface area contributed by atoms with Gasteiger partial charge in [-0.1, -0.05) is 25.1 Å². The monoisotopic (exact) mass is 389 g/mol. The first-order valence-corrected chi connectivity index (χ1v) is 10.6. The quantitative estimate of drug-likeness (QED) is 0.791. The van der Waals surface area contributed by atoms with Crippen molar-refractivity contribution >= 4 is 11.8 Å². The van der Waals surface area contributed by atoms with Gasteiger partial charge >= 0.3 is 0 Å². The Balaban J connectivity index is 2.23. The summed E-state index contributed by atoms with van der Waals surface area (Å²) < 4.78 is 0. The second kappa shape index (κ2) is 8.11. The summed E-state index contributed by atoms with van der Waals surface area (Å²) in [5.41, 5.74) is 6.96. The fraction of sp³-hybridized carbons (Fsp3) is 0.409. The van der Waals surface area contributed by atoms with Gasteiger partial charge in [-0.3, -0.25) is 4.90 Å². The average molecular weight is 390 g/mol. The van der Waals surface area contributed by atoms with E-state index < -0.39 is 11.3 Å². The van der Waals surface area contributed by atoms with Gasteiger partial charge in [0.05, 0.1) is 23.4 Å². The predicted molar refractivity (Wildman–Crippen MR) is 110 cm³/mol. The van der Waals surface area contributed by atoms with E-state index in [0.29, 0.717) is 12.1 Å². The number of nitrogens with two attached hydrogens (primary N) is 1. The van der Waals surface area contributed by atoms with Crippen molar-refractivity contribution in [3.05, 3.63) is 52.7 Å². The van der Waals surface area contributed by atoms with Gasteiger partial charge in [0.25, 0.3) is 0 Å². The number of benzene rings is 1. The van der Waals surface area contributed by atoms with Crippen LogP contribution in [0.4, 0.5) is 0 Å². The highest BCUT2D eigenvalue weighted by atomic mass is 32.2. The average Bonchev–Trinajstić information content (AvgIpc) is 2.73. The van der Waals surface area contributed by atoms with Gasteiger partial charge in [0.15, 0.2) is 5.41 Å². The molecule has 1 aromatic carbocycles. The molecular weight excluding hydrogens is 366 g/mol. The summed E-state index contributed by atoms with van der Waals surface area (Å²) >= 11 is 1.64. The molecule has 0 spiro atoms. The minimum atomic E-state index is -1.55. The van der Waals surface area contributed by atoms with Crippen LogP contribution < -0.4 is 5.73 Å². The molecule has 2 unspecified atom stereocenters. The standard InChI is InChI=1S/C22H23N5S/c1-3-9-27-10-8-17-18(11-23)21(26)22(13-24,14-25)20(19(17)12-27)15-4-6-16(28-2)7-5-15/h4-8,19-20H,3,9-10,12,26H2,1-2H3. The van der Waals surface area contributed by atoms with Crippen LogP contribution in [-0.2, 0) is 0 Å². The van der Waals surface area contributed by atoms with E-state index in [9.17, 15) is 15.8 Å². The van der Waals surface area contributed by atoms with Crippen molar-refractivity contribution in [2.75, 3.05) is 25.9 Å². The van der Waals surface area contributed by atoms with Gasteiger partial charge in [-0.05, 0) is 42.5 Å². The maximum Gasteiger partial charge on any atom is 0.191 e. The Hall–Kier alpha value is -2.72. The van der Waals surface area contributed by atoms with Gasteiger partial charge < -0.3 is 5.73 Å². The van der Waals surface area contributed by atoms with Crippen LogP contribution in [0.1, 0.15) is 24.8 Å². The van der Waals surface area contributed by atoms with Gasteiger partial charge in [0.1, 0.15) is 6.07 Å². The number of thioether (sulfide) groups is 1. The maximum atomic E-state index is 10.1. The molecule has 28 heavy (non-hydrogen) atoms. The zero-order chi connectivity index (χ0) is 20.3. The molecule has 5 nitrogen and oxygen atoms in total. The molecule has 1 aliphatic carbocycles. The Morgan fingerprint density at radius 1 is 1.21 bits per heavy atom. The number of rotatable bonds is 4. The van der Waals surface area contributed by atoms with E-state index in [0.717, 1.165) is 35.5 Å². The van der Waals surface area contributed by atoms with Crippen molar-refractivity contribution < 1.29 is 0 Å². The third-order valence-electron chi connectivity index (χ3n) is 5.75. The van der Waals surface area contributed by atoms with Gasteiger partial charge in [0.2, 0.25) is 0 Å². The second-order valence-corrected chi connectivity index (χ2v) is 8.09. The number of hydrogen-bond donors (Lipinski definition) is 1. The third kappa shape index (κ3) is 3.08. The molecule has 0 saturated carbocycles. The molecule has 0 fully saturated rings. The molecule has 1 aliphatic heterocycles. The molecule has 1 aromatic rings. The smallest absolute Gasteiger partial charge is 0.191 e. The summed E-state index contributed by atoms with van der Waals surface area (Å²) in [6.07, 6.45) is 5.08. The third-order valence-corrected chi connectivity index (χ3v) is 6.50. The lowest BCUT2D eigenvalue weighted by Crippen LogP contribution is -2.48. The van der Waals surface area contributed by atoms with Crippen LogP contribution in [-0.4, -0.2) is 30.8 Å². The molecule has 142 valence electrons. The summed E-state index contributed by atoms with van der Waals surface area (Å²) in [4.78, 5) is 3.43. The van der Waals surface area contributed by atoms with E-state index in [1.165, 1.54) is 0 Å². The summed E-state index contributed by atoms with van der Waals surface area (Å²) in [7, 11) is 0. The van der Waals surface area contributed by atoms with Crippen molar-refractivity contribution in [2.45, 2.75) is 24.2 Å². The van der Waals surface area contributed by atoms with Crippen LogP contribution >= 0.6 is 11.8 Å². The molecule has 0 saturated heterocycles. The molecule has 6 heteroatoms. The molecule has 2 N–H and O–H groups in total. The van der Waals surface area contributed by atoms with Crippen LogP contribution in [0.3, 0.4) is 0 Å². The summed E-state index contributed by atoms with van der Waals surface area (Å²) in [5.74, 6) is -0.539. The van der Waals surface area contributed by atoms with Gasteiger partial charge in [-0.2, -0.15) is 15.8 Å². The van der Waals surface area contributed by atoms with E-state index >= 15 is 0 Å². The Labute approximate surface area is 170 Å². The van der Waals surface area contributed by atoms with E-state index in [-0.39, 0.29) is 11.6 Å². The molecule has 0 amide bonds. The zero-order valence-electron chi connectivity index (χ0n) is 16.1. The first kappa shape index (κ1) is 20.0. The highest BCUT2D eigenvalue weighted by Gasteiger charge is 2.54. The number of nitriles is 3. The normalized spacial score (nSPS) is 23.8. The molecule has 0 aromatic heterocycles. The van der Waals surface area contributed by atoms with Crippen LogP contribution in [0.25, 0.3) is 0 Å². The minimum Gasteiger partial charge on any atom is -0.399 e. The number of hydrogen-bond acceptors (Lipinski definition) is 6. The molecule has 3 rings (SSSR count). The van der Waals surface area contributed by atoms with E-state index in [1.54, 1.807) is 11.8 Å². The van der Waals surface area contributed by atoms with Crippen molar-refractivity contribution in [2.24, 2.45) is 17.1 Å². The Morgan fingerprint density at radius 2 is 1.89 bits per heavy atom. The molecule has 1 heterocycles. The minimum absolute atomic E-state index is 0.0883. The molecule has 0 bridgehead atoms. The largest absolute Gasteiger partial charge is 0.399 e. The van der Waals surface area contributed by atoms with Crippen molar-refractivity contribution in [3.63, 3.8) is 0 Å². The van der Waals surface area contributed by atoms with Gasteiger partial charge in [0, 0.05) is 29.8 Å². The Bertz CT molecular complexity index is 925. The number of fused-ring (bicyclic) bond motifs is 1.